The first kappa shape index (κ1) is 62.2. The summed E-state index contributed by atoms with van der Waals surface area (Å²) in [4.78, 5) is 77.2. The fourth-order valence-corrected chi connectivity index (χ4v) is 7.48. The minimum atomic E-state index is -1.23. The maximum Gasteiger partial charge on any atom is 0.408 e. The molecule has 0 aliphatic rings. The second-order valence-corrected chi connectivity index (χ2v) is 18.2. The van der Waals surface area contributed by atoms with Crippen LogP contribution in [0.1, 0.15) is 61.5 Å². The van der Waals surface area contributed by atoms with Crippen molar-refractivity contribution in [1.29, 1.82) is 0 Å². The van der Waals surface area contributed by atoms with E-state index in [1.807, 2.05) is 62.4 Å². The maximum atomic E-state index is 13.1. The third-order valence-electron chi connectivity index (χ3n) is 11.7. The molecule has 1 heterocycles. The van der Waals surface area contributed by atoms with Crippen molar-refractivity contribution in [3.05, 3.63) is 174 Å². The lowest BCUT2D eigenvalue weighted by Gasteiger charge is -2.28. The number of para-hydroxylation sites is 1. The van der Waals surface area contributed by atoms with Crippen molar-refractivity contribution in [3.8, 4) is 5.75 Å². The number of carboxylic acid groups (broad SMARTS) is 2. The van der Waals surface area contributed by atoms with Gasteiger partial charge in [0.2, 0.25) is 11.8 Å². The molecule has 4 atom stereocenters. The standard InChI is InChI=1S/C26H36N4O8.C24H25N5O2.C7H7NO2/c1-4-15-37-25(35)27-14-10-9-13-20(24(33)34)29-23(32)21(17-19-11-7-6-8-12-19)30-22(31)18(3)28-26(36)38-16-5-2;1-24(2,16-10-12-17(13-11-16)28-29-25)26-14-18(30)15-31-22-9-5-8-21-23(22)19-6-3-4-7-20(19)27-21;8-6-3-1-5(2-4-6)7(9)10/h4-8,11-12,18,20-21H,1-2,9-10,13-17H2,3H3,(H,27,35)(H,28,36)(H,29,32)(H,30,31)(H,33,34);3-13,18,26-27,30H,14-15H2,1-2H3;1-4H,8H2,(H,9,10)/t18-,20+,21+;;/m1../s1. The van der Waals surface area contributed by atoms with Crippen LogP contribution in [-0.2, 0) is 35.8 Å². The number of anilines is 1. The Hall–Kier alpha value is -9.37. The van der Waals surface area contributed by atoms with Crippen molar-refractivity contribution in [2.24, 2.45) is 5.11 Å². The van der Waals surface area contributed by atoms with E-state index in [1.54, 1.807) is 54.6 Å². The Morgan fingerprint density at radius 2 is 1.41 bits per heavy atom. The second-order valence-electron chi connectivity index (χ2n) is 18.2. The van der Waals surface area contributed by atoms with Crippen LogP contribution >= 0.6 is 0 Å². The van der Waals surface area contributed by atoms with Crippen LogP contribution in [0.15, 0.2) is 152 Å². The van der Waals surface area contributed by atoms with Crippen molar-refractivity contribution < 1.29 is 58.3 Å². The molecular formula is C57H68N10O12. The number of aromatic amines is 1. The van der Waals surface area contributed by atoms with Gasteiger partial charge in [0.15, 0.2) is 0 Å². The molecule has 418 valence electrons. The van der Waals surface area contributed by atoms with Gasteiger partial charge >= 0.3 is 24.1 Å². The molecule has 0 aliphatic heterocycles. The molecule has 22 nitrogen and oxygen atoms in total. The number of alkyl carbamates (subject to hydrolysis) is 2. The van der Waals surface area contributed by atoms with Crippen LogP contribution in [0.2, 0.25) is 0 Å². The normalized spacial score (nSPS) is 12.2. The zero-order chi connectivity index (χ0) is 57.7. The molecule has 6 rings (SSSR count). The molecule has 0 radical (unpaired) electrons. The number of azide groups is 1. The topological polar surface area (TPSA) is 342 Å². The number of aromatic carboxylic acids is 1. The molecule has 1 unspecified atom stereocenters. The quantitative estimate of drug-likeness (QED) is 0.00612. The van der Waals surface area contributed by atoms with Gasteiger partial charge in [-0.15, -0.1) is 0 Å². The number of ether oxygens (including phenoxy) is 3. The summed E-state index contributed by atoms with van der Waals surface area (Å²) in [7, 11) is 0. The Morgan fingerprint density at radius 3 is 2.05 bits per heavy atom. The number of hydrogen-bond acceptors (Lipinski definition) is 13. The van der Waals surface area contributed by atoms with Crippen molar-refractivity contribution >= 4 is 69.1 Å². The lowest BCUT2D eigenvalue weighted by molar-refractivity contribution is -0.142. The zero-order valence-electron chi connectivity index (χ0n) is 44.2. The number of aliphatic hydroxyl groups excluding tert-OH is 1. The molecular weight excluding hydrogens is 1020 g/mol. The molecule has 0 aliphatic carbocycles. The number of fused-ring (bicyclic) bond motifs is 3. The summed E-state index contributed by atoms with van der Waals surface area (Å²) in [5.41, 5.74) is 18.7. The van der Waals surface area contributed by atoms with E-state index < -0.39 is 60.2 Å². The van der Waals surface area contributed by atoms with Crippen LogP contribution in [-0.4, -0.2) is 113 Å². The summed E-state index contributed by atoms with van der Waals surface area (Å²) in [6, 6.07) is 33.0. The van der Waals surface area contributed by atoms with E-state index in [9.17, 15) is 39.0 Å². The minimum Gasteiger partial charge on any atom is -0.490 e. The molecule has 6 aromatic rings. The van der Waals surface area contributed by atoms with Crippen LogP contribution in [0.3, 0.4) is 0 Å². The highest BCUT2D eigenvalue weighted by Crippen LogP contribution is 2.33. The molecule has 79 heavy (non-hydrogen) atoms. The van der Waals surface area contributed by atoms with E-state index in [1.165, 1.54) is 31.2 Å². The first-order chi connectivity index (χ1) is 37.8. The number of nitrogens with zero attached hydrogens (tertiary/aromatic N) is 3. The number of aromatic nitrogens is 1. The smallest absolute Gasteiger partial charge is 0.408 e. The first-order valence-corrected chi connectivity index (χ1v) is 25.1. The number of H-pyrrole nitrogens is 1. The summed E-state index contributed by atoms with van der Waals surface area (Å²) in [5.74, 6) is -2.76. The number of carboxylic acids is 2. The number of unbranched alkanes of at least 4 members (excludes halogenated alkanes) is 1. The molecule has 0 spiro atoms. The van der Waals surface area contributed by atoms with E-state index in [0.717, 1.165) is 38.7 Å². The van der Waals surface area contributed by atoms with Crippen molar-refractivity contribution in [2.45, 2.75) is 76.2 Å². The molecule has 1 aromatic heterocycles. The fraction of sp³-hybridized carbons (Fsp3) is 0.298. The van der Waals surface area contributed by atoms with Crippen molar-refractivity contribution in [3.63, 3.8) is 0 Å². The summed E-state index contributed by atoms with van der Waals surface area (Å²) in [6.45, 7) is 13.2. The first-order valence-electron chi connectivity index (χ1n) is 25.1. The number of carbonyl (C=O) groups excluding carboxylic acids is 4. The van der Waals surface area contributed by atoms with E-state index in [4.69, 9.17) is 30.6 Å². The van der Waals surface area contributed by atoms with Gasteiger partial charge in [0.25, 0.3) is 0 Å². The lowest BCUT2D eigenvalue weighted by Crippen LogP contribution is -2.55. The molecule has 0 saturated heterocycles. The highest BCUT2D eigenvalue weighted by molar-refractivity contribution is 6.10. The van der Waals surface area contributed by atoms with Crippen LogP contribution in [0.4, 0.5) is 21.0 Å². The number of aliphatic hydroxyl groups is 1. The second kappa shape index (κ2) is 32.3. The number of carbonyl (C=O) groups is 6. The van der Waals surface area contributed by atoms with Crippen molar-refractivity contribution in [2.75, 3.05) is 38.6 Å². The van der Waals surface area contributed by atoms with E-state index in [2.05, 4.69) is 60.8 Å². The Kier molecular flexibility index (Phi) is 25.4. The number of nitrogens with two attached hydrogens (primary N) is 1. The summed E-state index contributed by atoms with van der Waals surface area (Å²) < 4.78 is 15.6. The predicted octanol–water partition coefficient (Wildman–Crippen LogP) is 8.16. The number of hydrogen-bond donors (Lipinski definition) is 10. The van der Waals surface area contributed by atoms with Crippen LogP contribution < -0.4 is 37.1 Å². The van der Waals surface area contributed by atoms with Crippen molar-refractivity contribution in [1.82, 2.24) is 31.6 Å². The summed E-state index contributed by atoms with van der Waals surface area (Å²) in [6.07, 6.45) is 1.73. The molecule has 11 N–H and O–H groups in total. The number of benzene rings is 5. The molecule has 0 saturated carbocycles. The van der Waals surface area contributed by atoms with Gasteiger partial charge in [-0.1, -0.05) is 109 Å². The lowest BCUT2D eigenvalue weighted by atomic mass is 9.94. The molecule has 22 heteroatoms. The Labute approximate surface area is 457 Å². The SMILES string of the molecule is C=CCOC(=O)NCCCC[C@H](NC(=O)[C@H](Cc1ccccc1)NC(=O)[C@@H](C)NC(=O)OCC=C)C(=O)O.CC(C)(NCC(O)COc1cccc2[nH]c3ccccc3c12)c1ccc(N=[N+]=[N-])cc1.Nc1ccc(C(=O)O)cc1. The molecule has 4 amide bonds. The Morgan fingerprint density at radius 1 is 0.772 bits per heavy atom. The van der Waals surface area contributed by atoms with Gasteiger partial charge in [-0.2, -0.15) is 0 Å². The number of nitrogen functional groups attached to an aromatic ring is 1. The van der Waals surface area contributed by atoms with E-state index in [-0.39, 0.29) is 50.3 Å². The van der Waals surface area contributed by atoms with Crippen LogP contribution in [0.5, 0.6) is 5.75 Å². The van der Waals surface area contributed by atoms with E-state index >= 15 is 0 Å². The largest absolute Gasteiger partial charge is 0.490 e. The van der Waals surface area contributed by atoms with Crippen LogP contribution in [0, 0.1) is 0 Å². The number of nitrogens with one attached hydrogen (secondary N) is 6. The average Bonchev–Trinajstić information content (AvgIpc) is 4.01. The highest BCUT2D eigenvalue weighted by atomic mass is 16.6. The third-order valence-corrected chi connectivity index (χ3v) is 11.7. The predicted molar refractivity (Wildman–Crippen MR) is 301 cm³/mol. The summed E-state index contributed by atoms with van der Waals surface area (Å²) >= 11 is 0. The third kappa shape index (κ3) is 21.3. The maximum absolute atomic E-state index is 13.1. The Balaban J connectivity index is 0.000000292. The number of amides is 4. The molecule has 0 bridgehead atoms. The highest BCUT2D eigenvalue weighted by Gasteiger charge is 2.29. The van der Waals surface area contributed by atoms with Crippen LogP contribution in [0.25, 0.3) is 32.2 Å². The van der Waals surface area contributed by atoms with Gasteiger partial charge in [-0.25, -0.2) is 19.2 Å². The average molecular weight is 1090 g/mol. The minimum absolute atomic E-state index is 0.0365. The number of rotatable bonds is 26. The van der Waals surface area contributed by atoms with Gasteiger partial charge in [0.05, 0.1) is 11.1 Å². The van der Waals surface area contributed by atoms with E-state index in [0.29, 0.717) is 30.8 Å². The number of aliphatic carboxylic acids is 1. The fourth-order valence-electron chi connectivity index (χ4n) is 7.48. The van der Waals surface area contributed by atoms with Gasteiger partial charge in [0, 0.05) is 57.6 Å². The zero-order valence-corrected chi connectivity index (χ0v) is 44.2. The molecule has 0 fully saturated rings. The van der Waals surface area contributed by atoms with Gasteiger partial charge in [0.1, 0.15) is 49.8 Å². The Bertz CT molecular complexity index is 3020. The molecule has 5 aromatic carbocycles. The monoisotopic (exact) mass is 1080 g/mol. The van der Waals surface area contributed by atoms with Gasteiger partial charge in [-0.3, -0.25) is 9.59 Å². The van der Waals surface area contributed by atoms with Gasteiger partial charge in [-0.05, 0) is 99.2 Å². The van der Waals surface area contributed by atoms with Gasteiger partial charge < -0.3 is 66.8 Å². The summed E-state index contributed by atoms with van der Waals surface area (Å²) in [5, 5.41) is 47.6.